The third kappa shape index (κ3) is 2.50. The molecule has 23 heavy (non-hydrogen) atoms. The summed E-state index contributed by atoms with van der Waals surface area (Å²) in [5.41, 5.74) is 4.24. The van der Waals surface area contributed by atoms with E-state index in [-0.39, 0.29) is 6.10 Å². The average molecular weight is 328 g/mol. The lowest BCUT2D eigenvalue weighted by atomic mass is 9.77. The number of ether oxygens (including phenoxy) is 1. The van der Waals surface area contributed by atoms with Gasteiger partial charge in [0.1, 0.15) is 5.75 Å². The highest BCUT2D eigenvalue weighted by molar-refractivity contribution is 6.34. The fraction of sp³-hybridized carbons (Fsp3) is 0.263. The highest BCUT2D eigenvalue weighted by atomic mass is 35.5. The van der Waals surface area contributed by atoms with Gasteiger partial charge in [0.2, 0.25) is 0 Å². The summed E-state index contributed by atoms with van der Waals surface area (Å²) in [6.07, 6.45) is 3.36. The number of benzene rings is 2. The number of hydrogen-bond acceptors (Lipinski definition) is 2. The van der Waals surface area contributed by atoms with Crippen molar-refractivity contribution < 1.29 is 9.84 Å². The normalized spacial score (nSPS) is 20.5. The van der Waals surface area contributed by atoms with Crippen LogP contribution in [-0.2, 0) is 0 Å². The van der Waals surface area contributed by atoms with Crippen LogP contribution in [0.4, 0.5) is 0 Å². The fourth-order valence-electron chi connectivity index (χ4n) is 3.35. The van der Waals surface area contributed by atoms with Crippen molar-refractivity contribution in [3.8, 4) is 16.9 Å². The maximum absolute atomic E-state index is 9.53. The number of aromatic amines is 1. The van der Waals surface area contributed by atoms with E-state index in [1.165, 1.54) is 5.56 Å². The van der Waals surface area contributed by atoms with Gasteiger partial charge in [0, 0.05) is 22.7 Å². The summed E-state index contributed by atoms with van der Waals surface area (Å²) < 4.78 is 5.58. The Labute approximate surface area is 139 Å². The monoisotopic (exact) mass is 327 g/mol. The van der Waals surface area contributed by atoms with Gasteiger partial charge in [-0.05, 0) is 54.2 Å². The minimum absolute atomic E-state index is 0.171. The molecule has 0 spiro atoms. The van der Waals surface area contributed by atoms with Crippen LogP contribution in [0.15, 0.2) is 42.6 Å². The van der Waals surface area contributed by atoms with Gasteiger partial charge in [0.25, 0.3) is 0 Å². The van der Waals surface area contributed by atoms with Crippen LogP contribution in [0.5, 0.6) is 5.75 Å². The van der Waals surface area contributed by atoms with Gasteiger partial charge in [-0.25, -0.2) is 0 Å². The molecular weight excluding hydrogens is 310 g/mol. The van der Waals surface area contributed by atoms with Crippen LogP contribution in [0.1, 0.15) is 24.3 Å². The Hall–Kier alpha value is -1.97. The SMILES string of the molecule is COc1cc(-c2cc3cc[nH]c3cc2Cl)ccc1C1CC(O)C1. The van der Waals surface area contributed by atoms with Crippen LogP contribution >= 0.6 is 11.6 Å². The molecule has 0 atom stereocenters. The molecule has 4 heteroatoms. The lowest BCUT2D eigenvalue weighted by Gasteiger charge is -2.32. The second-order valence-corrected chi connectivity index (χ2v) is 6.58. The third-order valence-electron chi connectivity index (χ3n) is 4.74. The molecule has 0 saturated heterocycles. The predicted octanol–water partition coefficient (Wildman–Crippen LogP) is 4.74. The summed E-state index contributed by atoms with van der Waals surface area (Å²) in [6.45, 7) is 0. The van der Waals surface area contributed by atoms with Gasteiger partial charge in [-0.1, -0.05) is 23.7 Å². The van der Waals surface area contributed by atoms with Gasteiger partial charge >= 0.3 is 0 Å². The zero-order chi connectivity index (χ0) is 16.0. The van der Waals surface area contributed by atoms with Crippen molar-refractivity contribution in [2.45, 2.75) is 24.9 Å². The Morgan fingerprint density at radius 1 is 1.17 bits per heavy atom. The summed E-state index contributed by atoms with van der Waals surface area (Å²) in [7, 11) is 1.69. The van der Waals surface area contributed by atoms with Gasteiger partial charge in [-0.2, -0.15) is 0 Å². The molecule has 0 unspecified atom stereocenters. The Morgan fingerprint density at radius 2 is 2.00 bits per heavy atom. The number of nitrogens with one attached hydrogen (secondary N) is 1. The number of fused-ring (bicyclic) bond motifs is 1. The molecule has 2 aromatic carbocycles. The predicted molar refractivity (Wildman–Crippen MR) is 93.3 cm³/mol. The molecule has 4 rings (SSSR count). The first-order chi connectivity index (χ1) is 11.2. The zero-order valence-electron chi connectivity index (χ0n) is 12.8. The average Bonchev–Trinajstić information content (AvgIpc) is 2.97. The number of aliphatic hydroxyl groups is 1. The number of rotatable bonds is 3. The van der Waals surface area contributed by atoms with E-state index in [1.54, 1.807) is 7.11 Å². The van der Waals surface area contributed by atoms with Crippen molar-refractivity contribution in [1.82, 2.24) is 4.98 Å². The van der Waals surface area contributed by atoms with E-state index in [0.29, 0.717) is 10.9 Å². The molecule has 1 saturated carbocycles. The van der Waals surface area contributed by atoms with Crippen LogP contribution < -0.4 is 4.74 Å². The Bertz CT molecular complexity index is 865. The molecule has 1 aromatic heterocycles. The van der Waals surface area contributed by atoms with Gasteiger partial charge in [0.05, 0.1) is 18.2 Å². The molecule has 0 radical (unpaired) electrons. The van der Waals surface area contributed by atoms with Crippen molar-refractivity contribution in [3.63, 3.8) is 0 Å². The molecule has 3 aromatic rings. The lowest BCUT2D eigenvalue weighted by Crippen LogP contribution is -2.26. The first-order valence-electron chi connectivity index (χ1n) is 7.78. The van der Waals surface area contributed by atoms with Crippen molar-refractivity contribution >= 4 is 22.5 Å². The summed E-state index contributed by atoms with van der Waals surface area (Å²) in [5, 5.41) is 11.4. The smallest absolute Gasteiger partial charge is 0.122 e. The minimum Gasteiger partial charge on any atom is -0.496 e. The van der Waals surface area contributed by atoms with Crippen molar-refractivity contribution in [3.05, 3.63) is 53.2 Å². The summed E-state index contributed by atoms with van der Waals surface area (Å²) in [6, 6.07) is 12.3. The standard InChI is InChI=1S/C19H18ClNO2/c1-23-19-9-11(2-3-15(19)13-6-14(22)7-13)16-8-12-4-5-21-18(12)10-17(16)20/h2-5,8-10,13-14,21-22H,6-7H2,1H3. The second kappa shape index (κ2) is 5.59. The first kappa shape index (κ1) is 14.6. The maximum Gasteiger partial charge on any atom is 0.122 e. The molecule has 1 heterocycles. The van der Waals surface area contributed by atoms with Crippen LogP contribution in [-0.4, -0.2) is 23.3 Å². The Kier molecular flexibility index (Phi) is 3.55. The number of methoxy groups -OCH3 is 1. The highest BCUT2D eigenvalue weighted by Gasteiger charge is 2.30. The molecule has 0 bridgehead atoms. The fourth-order valence-corrected chi connectivity index (χ4v) is 3.63. The van der Waals surface area contributed by atoms with Crippen molar-refractivity contribution in [2.75, 3.05) is 7.11 Å². The molecule has 1 fully saturated rings. The van der Waals surface area contributed by atoms with Gasteiger partial charge < -0.3 is 14.8 Å². The summed E-state index contributed by atoms with van der Waals surface area (Å²) in [5.74, 6) is 1.25. The molecule has 1 aliphatic rings. The van der Waals surface area contributed by atoms with E-state index < -0.39 is 0 Å². The number of aliphatic hydroxyl groups excluding tert-OH is 1. The second-order valence-electron chi connectivity index (χ2n) is 6.18. The zero-order valence-corrected chi connectivity index (χ0v) is 13.6. The van der Waals surface area contributed by atoms with Gasteiger partial charge in [-0.15, -0.1) is 0 Å². The molecule has 3 nitrogen and oxygen atoms in total. The topological polar surface area (TPSA) is 45.2 Å². The van der Waals surface area contributed by atoms with Crippen LogP contribution in [0.3, 0.4) is 0 Å². The van der Waals surface area contributed by atoms with Gasteiger partial charge in [0.15, 0.2) is 0 Å². The van der Waals surface area contributed by atoms with Crippen LogP contribution in [0, 0.1) is 0 Å². The first-order valence-corrected chi connectivity index (χ1v) is 8.16. The van der Waals surface area contributed by atoms with E-state index in [1.807, 2.05) is 24.4 Å². The van der Waals surface area contributed by atoms with Crippen LogP contribution in [0.25, 0.3) is 22.0 Å². The van der Waals surface area contributed by atoms with E-state index in [0.717, 1.165) is 40.6 Å². The number of aromatic nitrogens is 1. The molecule has 1 aliphatic carbocycles. The summed E-state index contributed by atoms with van der Waals surface area (Å²) in [4.78, 5) is 3.17. The number of H-pyrrole nitrogens is 1. The molecule has 0 amide bonds. The highest BCUT2D eigenvalue weighted by Crippen LogP contribution is 2.43. The largest absolute Gasteiger partial charge is 0.496 e. The molecular formula is C19H18ClNO2. The minimum atomic E-state index is -0.171. The lowest BCUT2D eigenvalue weighted by molar-refractivity contribution is 0.0738. The maximum atomic E-state index is 9.53. The Balaban J connectivity index is 1.77. The van der Waals surface area contributed by atoms with E-state index in [4.69, 9.17) is 16.3 Å². The summed E-state index contributed by atoms with van der Waals surface area (Å²) >= 11 is 6.46. The third-order valence-corrected chi connectivity index (χ3v) is 5.05. The Morgan fingerprint density at radius 3 is 2.74 bits per heavy atom. The number of hydrogen-bond donors (Lipinski definition) is 2. The number of halogens is 1. The van der Waals surface area contributed by atoms with E-state index in [9.17, 15) is 5.11 Å². The van der Waals surface area contributed by atoms with Crippen molar-refractivity contribution in [1.29, 1.82) is 0 Å². The van der Waals surface area contributed by atoms with E-state index >= 15 is 0 Å². The van der Waals surface area contributed by atoms with Crippen molar-refractivity contribution in [2.24, 2.45) is 0 Å². The molecule has 2 N–H and O–H groups in total. The molecule has 118 valence electrons. The molecule has 0 aliphatic heterocycles. The van der Waals surface area contributed by atoms with Crippen LogP contribution in [0.2, 0.25) is 5.02 Å². The quantitative estimate of drug-likeness (QED) is 0.730. The van der Waals surface area contributed by atoms with E-state index in [2.05, 4.69) is 23.2 Å². The van der Waals surface area contributed by atoms with Gasteiger partial charge in [-0.3, -0.25) is 0 Å².